The van der Waals surface area contributed by atoms with Crippen LogP contribution in [0.3, 0.4) is 0 Å². The lowest BCUT2D eigenvalue weighted by molar-refractivity contribution is -0.148. The summed E-state index contributed by atoms with van der Waals surface area (Å²) in [6.45, 7) is 9.11. The Bertz CT molecular complexity index is 1330. The maximum Gasteiger partial charge on any atom is 0.252 e. The van der Waals surface area contributed by atoms with Crippen LogP contribution in [0.15, 0.2) is 53.4 Å². The third kappa shape index (κ3) is 9.65. The average Bonchev–Trinajstić information content (AvgIpc) is 3.29. The minimum Gasteiger partial charge on any atom is -0.451 e. The van der Waals surface area contributed by atoms with Crippen LogP contribution in [-0.2, 0) is 26.0 Å². The molecular weight excluding hydrogens is 572 g/mol. The third-order valence-corrected chi connectivity index (χ3v) is 8.55. The Balaban J connectivity index is 2.00. The smallest absolute Gasteiger partial charge is 0.252 e. The van der Waals surface area contributed by atoms with E-state index in [4.69, 9.17) is 9.47 Å². The number of sulfonamides is 1. The van der Waals surface area contributed by atoms with Gasteiger partial charge in [-0.2, -0.15) is 4.31 Å². The van der Waals surface area contributed by atoms with Crippen LogP contribution in [0.2, 0.25) is 0 Å². The van der Waals surface area contributed by atoms with E-state index in [1.807, 2.05) is 58.0 Å². The molecular formula is C31H46N4O7S. The minimum atomic E-state index is -4.10. The second-order valence-corrected chi connectivity index (χ2v) is 14.0. The van der Waals surface area contributed by atoms with Gasteiger partial charge in [-0.1, -0.05) is 58.0 Å². The summed E-state index contributed by atoms with van der Waals surface area (Å²) in [5.41, 5.74) is 3.53. The van der Waals surface area contributed by atoms with Crippen LogP contribution in [0.1, 0.15) is 46.6 Å². The van der Waals surface area contributed by atoms with Gasteiger partial charge in [-0.15, -0.1) is 0 Å². The van der Waals surface area contributed by atoms with E-state index in [1.165, 1.54) is 21.4 Å². The van der Waals surface area contributed by atoms with Crippen LogP contribution in [0.25, 0.3) is 0 Å². The van der Waals surface area contributed by atoms with E-state index in [0.29, 0.717) is 11.5 Å². The zero-order chi connectivity index (χ0) is 31.9. The molecule has 0 fully saturated rings. The molecule has 0 saturated heterocycles. The van der Waals surface area contributed by atoms with Crippen LogP contribution in [-0.4, -0.2) is 91.7 Å². The molecule has 3 rings (SSSR count). The summed E-state index contributed by atoms with van der Waals surface area (Å²) in [5.74, 6) is -0.0880. The fourth-order valence-electron chi connectivity index (χ4n) is 4.87. The Morgan fingerprint density at radius 1 is 0.953 bits per heavy atom. The minimum absolute atomic E-state index is 0.00318. The molecule has 12 heteroatoms. The lowest BCUT2D eigenvalue weighted by atomic mass is 9.99. The third-order valence-electron chi connectivity index (χ3n) is 6.72. The summed E-state index contributed by atoms with van der Waals surface area (Å²) >= 11 is 0. The van der Waals surface area contributed by atoms with E-state index in [9.17, 15) is 23.1 Å². The second-order valence-electron chi connectivity index (χ2n) is 12.1. The molecule has 0 radical (unpaired) electrons. The maximum absolute atomic E-state index is 14.0. The number of carbonyl (C=O) groups is 2. The van der Waals surface area contributed by atoms with E-state index in [0.717, 1.165) is 5.56 Å². The van der Waals surface area contributed by atoms with Crippen LogP contribution >= 0.6 is 0 Å². The largest absolute Gasteiger partial charge is 0.451 e. The first-order chi connectivity index (χ1) is 20.2. The number of benzene rings is 2. The van der Waals surface area contributed by atoms with E-state index in [1.54, 1.807) is 32.0 Å². The van der Waals surface area contributed by atoms with Crippen molar-refractivity contribution in [3.8, 4) is 11.5 Å². The van der Waals surface area contributed by atoms with Crippen molar-refractivity contribution in [2.75, 3.05) is 33.7 Å². The topological polar surface area (TPSA) is 129 Å². The van der Waals surface area contributed by atoms with Gasteiger partial charge in [0.05, 0.1) is 23.6 Å². The number of fused-ring (bicyclic) bond motifs is 1. The van der Waals surface area contributed by atoms with E-state index in [2.05, 4.69) is 5.43 Å². The highest BCUT2D eigenvalue weighted by Crippen LogP contribution is 2.37. The summed E-state index contributed by atoms with van der Waals surface area (Å²) in [5, 5.41) is 13.0. The number of aliphatic hydroxyl groups excluding tert-OH is 1. The standard InChI is InChI=1S/C31H46N4O7S/c1-21(2)15-31(38)35(32-30(37)20-33(6)7)26(16-24-11-9-8-10-12-24)27(36)19-34(18-22(3)4)43(39,40)25-13-14-28-29(17-25)42-23(5)41-28/h8-14,17,21-23,26-27,36H,15-16,18-20H2,1-7H3,(H,32,37)/t23?,26?,27-/m1/s1. The normalized spacial score (nSPS) is 16.1. The number of carbonyl (C=O) groups excluding carboxylic acids is 2. The van der Waals surface area contributed by atoms with Crippen molar-refractivity contribution in [3.63, 3.8) is 0 Å². The SMILES string of the molecule is CC(C)CC(=O)N(NC(=O)CN(C)C)C(Cc1ccccc1)[C@H](O)CN(CC(C)C)S(=O)(=O)c1ccc2c(c1)OC(C)O2. The number of rotatable bonds is 14. The van der Waals surface area contributed by atoms with Crippen molar-refractivity contribution in [2.45, 2.75) is 70.8 Å². The first kappa shape index (κ1) is 34.3. The highest BCUT2D eigenvalue weighted by Gasteiger charge is 2.36. The monoisotopic (exact) mass is 618 g/mol. The van der Waals surface area contributed by atoms with Gasteiger partial charge in [0.1, 0.15) is 0 Å². The van der Waals surface area contributed by atoms with Crippen molar-refractivity contribution < 1.29 is 32.6 Å². The molecule has 11 nitrogen and oxygen atoms in total. The number of hydrazine groups is 1. The number of amides is 2. The Kier molecular flexibility index (Phi) is 12.0. The average molecular weight is 619 g/mol. The molecule has 43 heavy (non-hydrogen) atoms. The molecule has 2 aromatic carbocycles. The van der Waals surface area contributed by atoms with Crippen LogP contribution in [0, 0.1) is 11.8 Å². The molecule has 1 heterocycles. The molecule has 3 atom stereocenters. The Labute approximate surface area is 255 Å². The molecule has 2 N–H and O–H groups in total. The number of hydrogen-bond donors (Lipinski definition) is 2. The van der Waals surface area contributed by atoms with Crippen LogP contribution in [0.4, 0.5) is 0 Å². The molecule has 1 aliphatic heterocycles. The number of aliphatic hydroxyl groups is 1. The van der Waals surface area contributed by atoms with Gasteiger partial charge in [0.2, 0.25) is 22.2 Å². The first-order valence-electron chi connectivity index (χ1n) is 14.6. The summed E-state index contributed by atoms with van der Waals surface area (Å²) in [7, 11) is -0.625. The van der Waals surface area contributed by atoms with E-state index >= 15 is 0 Å². The lowest BCUT2D eigenvalue weighted by Crippen LogP contribution is -2.60. The number of likely N-dealkylation sites (N-methyl/N-ethyl adjacent to an activating group) is 1. The van der Waals surface area contributed by atoms with Crippen molar-refractivity contribution in [2.24, 2.45) is 11.8 Å². The highest BCUT2D eigenvalue weighted by atomic mass is 32.2. The van der Waals surface area contributed by atoms with Gasteiger partial charge in [-0.3, -0.25) is 15.0 Å². The Morgan fingerprint density at radius 3 is 2.21 bits per heavy atom. The fourth-order valence-corrected chi connectivity index (χ4v) is 6.50. The van der Waals surface area contributed by atoms with Gasteiger partial charge in [0, 0.05) is 32.5 Å². The lowest BCUT2D eigenvalue weighted by Gasteiger charge is -2.37. The number of ether oxygens (including phenoxy) is 2. The molecule has 0 spiro atoms. The first-order valence-corrected chi connectivity index (χ1v) is 16.1. The van der Waals surface area contributed by atoms with Gasteiger partial charge in [0.25, 0.3) is 5.91 Å². The molecule has 2 amide bonds. The van der Waals surface area contributed by atoms with Crippen LogP contribution in [0.5, 0.6) is 11.5 Å². The Hall–Kier alpha value is -3.19. The Morgan fingerprint density at radius 2 is 1.60 bits per heavy atom. The molecule has 0 saturated carbocycles. The fraction of sp³-hybridized carbons (Fsp3) is 0.548. The summed E-state index contributed by atoms with van der Waals surface area (Å²) < 4.78 is 40.3. The quantitative estimate of drug-likeness (QED) is 0.310. The van der Waals surface area contributed by atoms with Gasteiger partial charge in [-0.25, -0.2) is 13.4 Å². The maximum atomic E-state index is 14.0. The highest BCUT2D eigenvalue weighted by molar-refractivity contribution is 7.89. The molecule has 1 aliphatic rings. The number of hydrogen-bond acceptors (Lipinski definition) is 8. The van der Waals surface area contributed by atoms with Crippen molar-refractivity contribution in [1.29, 1.82) is 0 Å². The molecule has 2 aromatic rings. The molecule has 0 aliphatic carbocycles. The van der Waals surface area contributed by atoms with Crippen molar-refractivity contribution in [3.05, 3.63) is 54.1 Å². The molecule has 0 bridgehead atoms. The predicted molar refractivity (Wildman–Crippen MR) is 164 cm³/mol. The number of nitrogens with one attached hydrogen (secondary N) is 1. The van der Waals surface area contributed by atoms with Gasteiger partial charge in [-0.05, 0) is 50.0 Å². The number of nitrogens with zero attached hydrogens (tertiary/aromatic N) is 3. The van der Waals surface area contributed by atoms with E-state index in [-0.39, 0.29) is 55.1 Å². The van der Waals surface area contributed by atoms with Crippen LogP contribution < -0.4 is 14.9 Å². The summed E-state index contributed by atoms with van der Waals surface area (Å²) in [6.07, 6.45) is -1.56. The summed E-state index contributed by atoms with van der Waals surface area (Å²) in [6, 6.07) is 12.8. The molecule has 0 aromatic heterocycles. The molecule has 238 valence electrons. The van der Waals surface area contributed by atoms with Gasteiger partial charge in [0.15, 0.2) is 11.5 Å². The van der Waals surface area contributed by atoms with Gasteiger partial charge >= 0.3 is 0 Å². The second kappa shape index (κ2) is 15.0. The predicted octanol–water partition coefficient (Wildman–Crippen LogP) is 2.89. The van der Waals surface area contributed by atoms with Crippen molar-refractivity contribution in [1.82, 2.24) is 19.6 Å². The molecule has 2 unspecified atom stereocenters. The van der Waals surface area contributed by atoms with Gasteiger partial charge < -0.3 is 19.5 Å². The zero-order valence-corrected chi connectivity index (χ0v) is 27.0. The summed E-state index contributed by atoms with van der Waals surface area (Å²) in [4.78, 5) is 28.1. The van der Waals surface area contributed by atoms with E-state index < -0.39 is 34.4 Å². The zero-order valence-electron chi connectivity index (χ0n) is 26.2. The van der Waals surface area contributed by atoms with Crippen molar-refractivity contribution >= 4 is 21.8 Å².